The SMILES string of the molecule is Cl.Cl.c1ccc(Cc2cn[nH]c2)nc1. The van der Waals surface area contributed by atoms with E-state index in [4.69, 9.17) is 0 Å². The second-order valence-corrected chi connectivity index (χ2v) is 2.60. The topological polar surface area (TPSA) is 41.6 Å². The third-order valence-corrected chi connectivity index (χ3v) is 1.67. The summed E-state index contributed by atoms with van der Waals surface area (Å²) in [5, 5.41) is 6.64. The molecule has 0 fully saturated rings. The Hall–Kier alpha value is -1.06. The van der Waals surface area contributed by atoms with Gasteiger partial charge in [-0.3, -0.25) is 10.1 Å². The van der Waals surface area contributed by atoms with E-state index in [1.807, 2.05) is 30.6 Å². The maximum Gasteiger partial charge on any atom is 0.0523 e. The molecule has 0 saturated heterocycles. The van der Waals surface area contributed by atoms with Crippen LogP contribution in [0.25, 0.3) is 0 Å². The van der Waals surface area contributed by atoms with Crippen molar-refractivity contribution in [3.63, 3.8) is 0 Å². The molecule has 0 aromatic carbocycles. The number of hydrogen-bond acceptors (Lipinski definition) is 2. The highest BCUT2D eigenvalue weighted by atomic mass is 35.5. The highest BCUT2D eigenvalue weighted by Gasteiger charge is 1.95. The maximum atomic E-state index is 4.21. The number of halogens is 2. The lowest BCUT2D eigenvalue weighted by molar-refractivity contribution is 1.08. The lowest BCUT2D eigenvalue weighted by Crippen LogP contribution is -1.88. The van der Waals surface area contributed by atoms with Crippen LogP contribution in [-0.2, 0) is 6.42 Å². The Morgan fingerprint density at radius 2 is 2.07 bits per heavy atom. The molecule has 3 nitrogen and oxygen atoms in total. The molecule has 0 aliphatic heterocycles. The Labute approximate surface area is 94.8 Å². The van der Waals surface area contributed by atoms with Gasteiger partial charge < -0.3 is 0 Å². The normalized spacial score (nSPS) is 8.57. The van der Waals surface area contributed by atoms with Crippen molar-refractivity contribution in [2.75, 3.05) is 0 Å². The van der Waals surface area contributed by atoms with Gasteiger partial charge in [0.15, 0.2) is 0 Å². The summed E-state index contributed by atoms with van der Waals surface area (Å²) in [5.74, 6) is 0. The maximum absolute atomic E-state index is 4.21. The fourth-order valence-electron chi connectivity index (χ4n) is 1.09. The Bertz CT molecular complexity index is 334. The molecule has 5 heteroatoms. The molecule has 1 N–H and O–H groups in total. The Kier molecular flexibility index (Phi) is 5.92. The van der Waals surface area contributed by atoms with Gasteiger partial charge in [-0.1, -0.05) is 6.07 Å². The second kappa shape index (κ2) is 6.40. The fourth-order valence-corrected chi connectivity index (χ4v) is 1.09. The van der Waals surface area contributed by atoms with Gasteiger partial charge in [0.25, 0.3) is 0 Å². The molecule has 0 unspecified atom stereocenters. The summed E-state index contributed by atoms with van der Waals surface area (Å²) in [6, 6.07) is 5.91. The third kappa shape index (κ3) is 3.36. The van der Waals surface area contributed by atoms with E-state index in [0.717, 1.165) is 17.7 Å². The predicted octanol–water partition coefficient (Wildman–Crippen LogP) is 2.24. The zero-order valence-electron chi connectivity index (χ0n) is 7.38. The van der Waals surface area contributed by atoms with Crippen molar-refractivity contribution in [3.8, 4) is 0 Å². The summed E-state index contributed by atoms with van der Waals surface area (Å²) in [4.78, 5) is 4.21. The standard InChI is InChI=1S/C9H9N3.2ClH/c1-2-4-10-9(3-1)5-8-6-11-12-7-8;;/h1-4,6-7H,5H2,(H,11,12);2*1H. The van der Waals surface area contributed by atoms with Crippen LogP contribution in [0.1, 0.15) is 11.3 Å². The van der Waals surface area contributed by atoms with Crippen LogP contribution in [0.3, 0.4) is 0 Å². The minimum absolute atomic E-state index is 0. The predicted molar refractivity (Wildman–Crippen MR) is 60.1 cm³/mol. The zero-order valence-corrected chi connectivity index (χ0v) is 9.02. The van der Waals surface area contributed by atoms with Crippen LogP contribution in [0.2, 0.25) is 0 Å². The minimum atomic E-state index is 0. The molecule has 0 aliphatic rings. The van der Waals surface area contributed by atoms with Gasteiger partial charge in [-0.25, -0.2) is 0 Å². The van der Waals surface area contributed by atoms with Crippen LogP contribution in [0.15, 0.2) is 36.8 Å². The molecule has 0 aliphatic carbocycles. The minimum Gasteiger partial charge on any atom is -0.285 e. The van der Waals surface area contributed by atoms with Crippen LogP contribution in [0, 0.1) is 0 Å². The molecule has 0 saturated carbocycles. The van der Waals surface area contributed by atoms with E-state index >= 15 is 0 Å². The van der Waals surface area contributed by atoms with Crippen LogP contribution >= 0.6 is 24.8 Å². The summed E-state index contributed by atoms with van der Waals surface area (Å²) < 4.78 is 0. The van der Waals surface area contributed by atoms with Crippen LogP contribution < -0.4 is 0 Å². The molecule has 0 bridgehead atoms. The average Bonchev–Trinajstić information content (AvgIpc) is 2.59. The number of hydrogen-bond donors (Lipinski definition) is 1. The first-order valence-corrected chi connectivity index (χ1v) is 3.83. The molecule has 0 radical (unpaired) electrons. The Morgan fingerprint density at radius 1 is 1.21 bits per heavy atom. The van der Waals surface area contributed by atoms with Crippen molar-refractivity contribution in [2.45, 2.75) is 6.42 Å². The van der Waals surface area contributed by atoms with E-state index in [2.05, 4.69) is 15.2 Å². The van der Waals surface area contributed by atoms with E-state index in [0.29, 0.717) is 0 Å². The first kappa shape index (κ1) is 12.9. The molecule has 2 aromatic heterocycles. The summed E-state index contributed by atoms with van der Waals surface area (Å²) in [6.45, 7) is 0. The highest BCUT2D eigenvalue weighted by molar-refractivity contribution is 5.85. The summed E-state index contributed by atoms with van der Waals surface area (Å²) in [7, 11) is 0. The lowest BCUT2D eigenvalue weighted by atomic mass is 10.2. The van der Waals surface area contributed by atoms with E-state index < -0.39 is 0 Å². The molecule has 76 valence electrons. The number of H-pyrrole nitrogens is 1. The fraction of sp³-hybridized carbons (Fsp3) is 0.111. The van der Waals surface area contributed by atoms with E-state index in [1.54, 1.807) is 6.20 Å². The van der Waals surface area contributed by atoms with Gasteiger partial charge in [0, 0.05) is 24.5 Å². The zero-order chi connectivity index (χ0) is 8.23. The molecule has 0 atom stereocenters. The number of nitrogens with zero attached hydrogens (tertiary/aromatic N) is 2. The van der Waals surface area contributed by atoms with Gasteiger partial charge in [-0.15, -0.1) is 24.8 Å². The van der Waals surface area contributed by atoms with Crippen LogP contribution in [0.4, 0.5) is 0 Å². The first-order valence-electron chi connectivity index (χ1n) is 3.83. The van der Waals surface area contributed by atoms with Gasteiger partial charge in [0.2, 0.25) is 0 Å². The van der Waals surface area contributed by atoms with Crippen LogP contribution in [-0.4, -0.2) is 15.2 Å². The summed E-state index contributed by atoms with van der Waals surface area (Å²) >= 11 is 0. The molecule has 2 aromatic rings. The van der Waals surface area contributed by atoms with Crippen LogP contribution in [0.5, 0.6) is 0 Å². The smallest absolute Gasteiger partial charge is 0.0523 e. The highest BCUT2D eigenvalue weighted by Crippen LogP contribution is 2.03. The number of rotatable bonds is 2. The first-order chi connectivity index (χ1) is 5.95. The van der Waals surface area contributed by atoms with Crippen molar-refractivity contribution in [1.82, 2.24) is 15.2 Å². The molecule has 2 heterocycles. The monoisotopic (exact) mass is 231 g/mol. The van der Waals surface area contributed by atoms with Gasteiger partial charge in [0.05, 0.1) is 6.20 Å². The number of aromatic nitrogens is 3. The quantitative estimate of drug-likeness (QED) is 0.862. The van der Waals surface area contributed by atoms with Crippen molar-refractivity contribution < 1.29 is 0 Å². The number of aromatic amines is 1. The summed E-state index contributed by atoms with van der Waals surface area (Å²) in [5.41, 5.74) is 2.23. The third-order valence-electron chi connectivity index (χ3n) is 1.67. The van der Waals surface area contributed by atoms with E-state index in [-0.39, 0.29) is 24.8 Å². The van der Waals surface area contributed by atoms with Crippen molar-refractivity contribution >= 4 is 24.8 Å². The van der Waals surface area contributed by atoms with E-state index in [9.17, 15) is 0 Å². The number of pyridine rings is 1. The summed E-state index contributed by atoms with van der Waals surface area (Å²) in [6.07, 6.45) is 6.34. The molecular weight excluding hydrogens is 221 g/mol. The molecule has 2 rings (SSSR count). The lowest BCUT2D eigenvalue weighted by Gasteiger charge is -1.94. The van der Waals surface area contributed by atoms with E-state index in [1.165, 1.54) is 0 Å². The largest absolute Gasteiger partial charge is 0.285 e. The Balaban J connectivity index is 0.000000845. The molecule has 0 spiro atoms. The van der Waals surface area contributed by atoms with Gasteiger partial charge in [0.1, 0.15) is 0 Å². The Morgan fingerprint density at radius 3 is 2.64 bits per heavy atom. The average molecular weight is 232 g/mol. The van der Waals surface area contributed by atoms with Gasteiger partial charge >= 0.3 is 0 Å². The molecular formula is C9H11Cl2N3. The molecule has 0 amide bonds. The van der Waals surface area contributed by atoms with Crippen molar-refractivity contribution in [2.24, 2.45) is 0 Å². The second-order valence-electron chi connectivity index (χ2n) is 2.60. The van der Waals surface area contributed by atoms with Gasteiger partial charge in [-0.2, -0.15) is 5.10 Å². The number of nitrogens with one attached hydrogen (secondary N) is 1. The van der Waals surface area contributed by atoms with Crippen molar-refractivity contribution in [3.05, 3.63) is 48.0 Å². The van der Waals surface area contributed by atoms with Gasteiger partial charge in [-0.05, 0) is 17.7 Å². The van der Waals surface area contributed by atoms with Crippen molar-refractivity contribution in [1.29, 1.82) is 0 Å². The molecule has 14 heavy (non-hydrogen) atoms.